The first-order valence-electron chi connectivity index (χ1n) is 12.0. The van der Waals surface area contributed by atoms with E-state index in [4.69, 9.17) is 0 Å². The third kappa shape index (κ3) is 5.00. The summed E-state index contributed by atoms with van der Waals surface area (Å²) in [6.45, 7) is 7.42. The molecule has 1 aromatic heterocycles. The summed E-state index contributed by atoms with van der Waals surface area (Å²) in [4.78, 5) is 41.3. The minimum absolute atomic E-state index is 0.181. The molecule has 2 heterocycles. The Morgan fingerprint density at radius 3 is 2.47 bits per heavy atom. The van der Waals surface area contributed by atoms with Crippen LogP contribution in [0.15, 0.2) is 42.7 Å². The van der Waals surface area contributed by atoms with Gasteiger partial charge in [0.1, 0.15) is 12.1 Å². The van der Waals surface area contributed by atoms with Crippen LogP contribution in [0.4, 0.5) is 4.79 Å². The fraction of sp³-hybridized carbons (Fsp3) is 0.538. The minimum Gasteiger partial charge on any atom is -0.340 e. The van der Waals surface area contributed by atoms with Gasteiger partial charge in [0.2, 0.25) is 5.91 Å². The number of nitrogens with zero attached hydrogens (tertiary/aromatic N) is 4. The van der Waals surface area contributed by atoms with Gasteiger partial charge >= 0.3 is 6.03 Å². The standard InChI is InChI=1S/C26H35N5O3/c1-25(2,3)21-10-12-26(13-11-21)23(33)31(24(34)28-26)18-22(32)29(4)15-20-14-27-30(17-20)16-19-8-6-5-7-9-19/h5-9,14,17,21H,10-13,15-16,18H2,1-4H3,(H,28,34). The Kier molecular flexibility index (Phi) is 6.51. The molecule has 1 N–H and O–H groups in total. The zero-order valence-electron chi connectivity index (χ0n) is 20.6. The van der Waals surface area contributed by atoms with Crippen LogP contribution in [0.1, 0.15) is 57.6 Å². The Balaban J connectivity index is 1.33. The second-order valence-corrected chi connectivity index (χ2v) is 10.8. The second kappa shape index (κ2) is 9.24. The van der Waals surface area contributed by atoms with Gasteiger partial charge in [0, 0.05) is 25.4 Å². The van der Waals surface area contributed by atoms with Gasteiger partial charge in [0.25, 0.3) is 5.91 Å². The van der Waals surface area contributed by atoms with Crippen molar-refractivity contribution < 1.29 is 14.4 Å². The molecule has 8 nitrogen and oxygen atoms in total. The number of hydrogen-bond donors (Lipinski definition) is 1. The second-order valence-electron chi connectivity index (χ2n) is 10.8. The highest BCUT2D eigenvalue weighted by molar-refractivity contribution is 6.09. The maximum Gasteiger partial charge on any atom is 0.325 e. The van der Waals surface area contributed by atoms with Gasteiger partial charge in [-0.25, -0.2) is 4.79 Å². The molecule has 1 spiro atoms. The fourth-order valence-electron chi connectivity index (χ4n) is 5.10. The molecule has 2 aromatic rings. The number of likely N-dealkylation sites (N-methyl/N-ethyl adjacent to an activating group) is 1. The highest BCUT2D eigenvalue weighted by Gasteiger charge is 2.53. The van der Waals surface area contributed by atoms with Crippen molar-refractivity contribution in [1.29, 1.82) is 0 Å². The van der Waals surface area contributed by atoms with Crippen molar-refractivity contribution in [2.75, 3.05) is 13.6 Å². The summed E-state index contributed by atoms with van der Waals surface area (Å²) in [7, 11) is 1.68. The zero-order chi connectivity index (χ0) is 24.5. The lowest BCUT2D eigenvalue weighted by molar-refractivity contribution is -0.139. The predicted octanol–water partition coefficient (Wildman–Crippen LogP) is 3.42. The molecule has 8 heteroatoms. The molecule has 1 aliphatic heterocycles. The van der Waals surface area contributed by atoms with Crippen LogP contribution in [0.2, 0.25) is 0 Å². The Morgan fingerprint density at radius 1 is 1.15 bits per heavy atom. The molecule has 1 aromatic carbocycles. The van der Waals surface area contributed by atoms with E-state index in [0.29, 0.717) is 31.8 Å². The molecule has 0 atom stereocenters. The van der Waals surface area contributed by atoms with Crippen molar-refractivity contribution in [3.8, 4) is 0 Å². The van der Waals surface area contributed by atoms with E-state index in [2.05, 4.69) is 31.2 Å². The van der Waals surface area contributed by atoms with Gasteiger partial charge in [-0.1, -0.05) is 51.1 Å². The first-order valence-corrected chi connectivity index (χ1v) is 12.0. The molecule has 4 amide bonds. The zero-order valence-corrected chi connectivity index (χ0v) is 20.6. The molecule has 1 saturated heterocycles. The molecule has 0 radical (unpaired) electrons. The molecule has 1 aliphatic carbocycles. The third-order valence-electron chi connectivity index (χ3n) is 7.32. The Labute approximate surface area is 201 Å². The summed E-state index contributed by atoms with van der Waals surface area (Å²) in [6, 6.07) is 9.57. The number of rotatable bonds is 6. The average Bonchev–Trinajstić information content (AvgIpc) is 3.31. The van der Waals surface area contributed by atoms with Gasteiger partial charge in [0.05, 0.1) is 12.7 Å². The summed E-state index contributed by atoms with van der Waals surface area (Å²) in [5.74, 6) is -0.0190. The van der Waals surface area contributed by atoms with Gasteiger partial charge in [-0.3, -0.25) is 19.2 Å². The van der Waals surface area contributed by atoms with Crippen LogP contribution in [0.25, 0.3) is 0 Å². The number of imide groups is 1. The molecule has 182 valence electrons. The number of urea groups is 1. The molecule has 34 heavy (non-hydrogen) atoms. The van der Waals surface area contributed by atoms with E-state index in [1.807, 2.05) is 41.2 Å². The monoisotopic (exact) mass is 465 g/mol. The Bertz CT molecular complexity index is 1050. The smallest absolute Gasteiger partial charge is 0.325 e. The van der Waals surface area contributed by atoms with Crippen LogP contribution < -0.4 is 5.32 Å². The molecular formula is C26H35N5O3. The van der Waals surface area contributed by atoms with E-state index < -0.39 is 11.6 Å². The fourth-order valence-corrected chi connectivity index (χ4v) is 5.10. The van der Waals surface area contributed by atoms with Gasteiger partial charge in [0.15, 0.2) is 0 Å². The Morgan fingerprint density at radius 2 is 1.82 bits per heavy atom. The molecule has 0 bridgehead atoms. The highest BCUT2D eigenvalue weighted by Crippen LogP contribution is 2.43. The first-order chi connectivity index (χ1) is 16.1. The average molecular weight is 466 g/mol. The summed E-state index contributed by atoms with van der Waals surface area (Å²) in [6.07, 6.45) is 6.69. The van der Waals surface area contributed by atoms with Crippen molar-refractivity contribution in [2.24, 2.45) is 11.3 Å². The maximum atomic E-state index is 13.2. The quantitative estimate of drug-likeness (QED) is 0.663. The van der Waals surface area contributed by atoms with E-state index in [9.17, 15) is 14.4 Å². The first kappa shape index (κ1) is 24.0. The number of carbonyl (C=O) groups excluding carboxylic acids is 3. The highest BCUT2D eigenvalue weighted by atomic mass is 16.2. The number of nitrogens with one attached hydrogen (secondary N) is 1. The van der Waals surface area contributed by atoms with Crippen LogP contribution in [0.5, 0.6) is 0 Å². The van der Waals surface area contributed by atoms with E-state index >= 15 is 0 Å². The van der Waals surface area contributed by atoms with Crippen molar-refractivity contribution >= 4 is 17.8 Å². The number of carbonyl (C=O) groups is 3. The SMILES string of the molecule is CN(Cc1cnn(Cc2ccccc2)c1)C(=O)CN1C(=O)NC2(CCC(C(C)(C)C)CC2)C1=O. The number of hydrogen-bond acceptors (Lipinski definition) is 4. The van der Waals surface area contributed by atoms with Crippen molar-refractivity contribution in [1.82, 2.24) is 24.9 Å². The minimum atomic E-state index is -0.851. The molecule has 2 fully saturated rings. The summed E-state index contributed by atoms with van der Waals surface area (Å²) >= 11 is 0. The molecule has 1 saturated carbocycles. The maximum absolute atomic E-state index is 13.2. The molecule has 4 rings (SSSR count). The third-order valence-corrected chi connectivity index (χ3v) is 7.32. The van der Waals surface area contributed by atoms with Crippen LogP contribution >= 0.6 is 0 Å². The topological polar surface area (TPSA) is 87.5 Å². The van der Waals surface area contributed by atoms with Crippen LogP contribution in [-0.2, 0) is 22.7 Å². The number of benzene rings is 1. The van der Waals surface area contributed by atoms with Crippen LogP contribution in [-0.4, -0.2) is 56.6 Å². The summed E-state index contributed by atoms with van der Waals surface area (Å²) < 4.78 is 1.83. The lowest BCUT2D eigenvalue weighted by Crippen LogP contribution is -2.51. The summed E-state index contributed by atoms with van der Waals surface area (Å²) in [5.41, 5.74) is 1.36. The lowest BCUT2D eigenvalue weighted by Gasteiger charge is -2.40. The van der Waals surface area contributed by atoms with Crippen molar-refractivity contribution in [3.05, 3.63) is 53.9 Å². The largest absolute Gasteiger partial charge is 0.340 e. The van der Waals surface area contributed by atoms with E-state index in [1.165, 1.54) is 4.90 Å². The molecule has 0 unspecified atom stereocenters. The van der Waals surface area contributed by atoms with Crippen molar-refractivity contribution in [3.63, 3.8) is 0 Å². The van der Waals surface area contributed by atoms with E-state index in [0.717, 1.165) is 28.9 Å². The van der Waals surface area contributed by atoms with Crippen LogP contribution in [0.3, 0.4) is 0 Å². The van der Waals surface area contributed by atoms with Gasteiger partial charge in [-0.2, -0.15) is 5.10 Å². The predicted molar refractivity (Wildman–Crippen MR) is 129 cm³/mol. The lowest BCUT2D eigenvalue weighted by atomic mass is 9.67. The molecule has 2 aliphatic rings. The molecular weight excluding hydrogens is 430 g/mol. The van der Waals surface area contributed by atoms with Gasteiger partial charge in [-0.15, -0.1) is 0 Å². The van der Waals surface area contributed by atoms with E-state index in [1.54, 1.807) is 13.2 Å². The van der Waals surface area contributed by atoms with Gasteiger partial charge in [-0.05, 0) is 42.6 Å². The number of aromatic nitrogens is 2. The number of amides is 4. The van der Waals surface area contributed by atoms with Crippen molar-refractivity contribution in [2.45, 2.75) is 65.1 Å². The van der Waals surface area contributed by atoms with E-state index in [-0.39, 0.29) is 23.8 Å². The summed E-state index contributed by atoms with van der Waals surface area (Å²) in [5, 5.41) is 7.30. The Hall–Kier alpha value is -3.16. The van der Waals surface area contributed by atoms with Gasteiger partial charge < -0.3 is 10.2 Å². The normalized spacial score (nSPS) is 22.8. The van der Waals surface area contributed by atoms with Crippen LogP contribution in [0, 0.1) is 11.3 Å².